The molecular formula is C12H13N2O5S-. The maximum Gasteiger partial charge on any atom is 0.270 e. The molecule has 0 fully saturated rings. The molecule has 0 unspecified atom stereocenters. The van der Waals surface area contributed by atoms with Crippen molar-refractivity contribution in [2.45, 2.75) is 12.5 Å². The standard InChI is InChI=1S/C12H14N2O5S/c1-20-6-5-10(12(16)17)13-11(15)8-3-2-4-9(7-8)14(18)19/h2-4,7,10H,5-6H2,1H3,(H,13,15)(H,16,17)/p-1/t10-/m0/s1. The van der Waals surface area contributed by atoms with Crippen LogP contribution in [0, 0.1) is 10.1 Å². The topological polar surface area (TPSA) is 112 Å². The number of hydrogen-bond donors (Lipinski definition) is 1. The zero-order valence-corrected chi connectivity index (χ0v) is 11.5. The molecule has 0 saturated heterocycles. The van der Waals surface area contributed by atoms with Crippen LogP contribution in [0.25, 0.3) is 0 Å². The fourth-order valence-electron chi connectivity index (χ4n) is 1.49. The third-order valence-electron chi connectivity index (χ3n) is 2.52. The molecule has 1 N–H and O–H groups in total. The first-order chi connectivity index (χ1) is 9.45. The van der Waals surface area contributed by atoms with Gasteiger partial charge in [0.05, 0.1) is 16.9 Å². The Morgan fingerprint density at radius 3 is 2.70 bits per heavy atom. The number of nitro benzene ring substituents is 1. The van der Waals surface area contributed by atoms with Crippen LogP contribution < -0.4 is 10.4 Å². The van der Waals surface area contributed by atoms with Gasteiger partial charge in [-0.3, -0.25) is 14.9 Å². The molecule has 1 rings (SSSR count). The number of carbonyl (C=O) groups excluding carboxylic acids is 2. The molecule has 1 aromatic rings. The number of amides is 1. The van der Waals surface area contributed by atoms with E-state index >= 15 is 0 Å². The van der Waals surface area contributed by atoms with Gasteiger partial charge < -0.3 is 15.2 Å². The number of carboxylic acids is 1. The lowest BCUT2D eigenvalue weighted by Gasteiger charge is -2.19. The van der Waals surface area contributed by atoms with Gasteiger partial charge in [0, 0.05) is 17.7 Å². The van der Waals surface area contributed by atoms with Crippen LogP contribution in [0.3, 0.4) is 0 Å². The number of nitro groups is 1. The third kappa shape index (κ3) is 4.54. The number of nitrogens with one attached hydrogen (secondary N) is 1. The van der Waals surface area contributed by atoms with Crippen molar-refractivity contribution in [3.8, 4) is 0 Å². The first-order valence-electron chi connectivity index (χ1n) is 5.71. The Hall–Kier alpha value is -2.09. The van der Waals surface area contributed by atoms with Gasteiger partial charge in [0.2, 0.25) is 0 Å². The van der Waals surface area contributed by atoms with E-state index < -0.39 is 22.8 Å². The van der Waals surface area contributed by atoms with Crippen molar-refractivity contribution in [2.75, 3.05) is 12.0 Å². The largest absolute Gasteiger partial charge is 0.548 e. The summed E-state index contributed by atoms with van der Waals surface area (Å²) in [6.07, 6.45) is 2.04. The summed E-state index contributed by atoms with van der Waals surface area (Å²) in [6.45, 7) is 0. The number of benzene rings is 1. The van der Waals surface area contributed by atoms with Crippen LogP contribution in [-0.2, 0) is 4.79 Å². The molecule has 0 aromatic heterocycles. The van der Waals surface area contributed by atoms with Gasteiger partial charge in [-0.05, 0) is 24.5 Å². The van der Waals surface area contributed by atoms with E-state index in [2.05, 4.69) is 5.32 Å². The zero-order valence-electron chi connectivity index (χ0n) is 10.7. The van der Waals surface area contributed by atoms with E-state index in [9.17, 15) is 24.8 Å². The molecule has 1 amide bonds. The van der Waals surface area contributed by atoms with Crippen LogP contribution in [0.4, 0.5) is 5.69 Å². The number of rotatable bonds is 7. The van der Waals surface area contributed by atoms with E-state index in [1.54, 1.807) is 0 Å². The Morgan fingerprint density at radius 1 is 1.45 bits per heavy atom. The maximum atomic E-state index is 11.9. The smallest absolute Gasteiger partial charge is 0.270 e. The van der Waals surface area contributed by atoms with Gasteiger partial charge in [-0.15, -0.1) is 0 Å². The number of hydrogen-bond acceptors (Lipinski definition) is 6. The molecule has 1 atom stereocenters. The zero-order chi connectivity index (χ0) is 15.1. The second kappa shape index (κ2) is 7.49. The lowest BCUT2D eigenvalue weighted by molar-refractivity contribution is -0.384. The minimum Gasteiger partial charge on any atom is -0.548 e. The SMILES string of the molecule is CSCC[C@H](NC(=O)c1cccc([N+](=O)[O-])c1)C(=O)[O-]. The van der Waals surface area contributed by atoms with Crippen molar-refractivity contribution in [1.29, 1.82) is 0 Å². The van der Waals surface area contributed by atoms with Gasteiger partial charge in [-0.1, -0.05) is 6.07 Å². The first kappa shape index (κ1) is 16.0. The van der Waals surface area contributed by atoms with E-state index in [-0.39, 0.29) is 17.7 Å². The molecule has 0 aliphatic carbocycles. The average molecular weight is 297 g/mol. The molecule has 8 heteroatoms. The molecule has 108 valence electrons. The predicted molar refractivity (Wildman–Crippen MR) is 72.4 cm³/mol. The minimum atomic E-state index is -1.38. The molecule has 1 aromatic carbocycles. The average Bonchev–Trinajstić information content (AvgIpc) is 2.42. The summed E-state index contributed by atoms with van der Waals surface area (Å²) >= 11 is 1.44. The Morgan fingerprint density at radius 2 is 2.15 bits per heavy atom. The summed E-state index contributed by atoms with van der Waals surface area (Å²) in [5.74, 6) is -1.50. The summed E-state index contributed by atoms with van der Waals surface area (Å²) in [4.78, 5) is 32.8. The molecule has 0 aliphatic rings. The van der Waals surface area contributed by atoms with Gasteiger partial charge >= 0.3 is 0 Å². The van der Waals surface area contributed by atoms with E-state index in [1.165, 1.54) is 30.0 Å². The number of nitrogens with zero attached hydrogens (tertiary/aromatic N) is 1. The number of thioether (sulfide) groups is 1. The molecule has 0 radical (unpaired) electrons. The number of carbonyl (C=O) groups is 2. The number of non-ortho nitro benzene ring substituents is 1. The van der Waals surface area contributed by atoms with Crippen LogP contribution in [0.15, 0.2) is 24.3 Å². The molecule has 0 heterocycles. The second-order valence-corrected chi connectivity index (χ2v) is 4.92. The molecule has 0 spiro atoms. The summed E-state index contributed by atoms with van der Waals surface area (Å²) in [7, 11) is 0. The molecule has 20 heavy (non-hydrogen) atoms. The Balaban J connectivity index is 2.80. The van der Waals surface area contributed by atoms with Gasteiger partial charge in [-0.2, -0.15) is 11.8 Å². The van der Waals surface area contributed by atoms with E-state index in [4.69, 9.17) is 0 Å². The van der Waals surface area contributed by atoms with Crippen molar-refractivity contribution in [2.24, 2.45) is 0 Å². The minimum absolute atomic E-state index is 0.0367. The highest BCUT2D eigenvalue weighted by Crippen LogP contribution is 2.13. The monoisotopic (exact) mass is 297 g/mol. The van der Waals surface area contributed by atoms with Crippen LogP contribution in [0.5, 0.6) is 0 Å². The molecule has 0 saturated carbocycles. The van der Waals surface area contributed by atoms with E-state index in [1.807, 2.05) is 6.26 Å². The lowest BCUT2D eigenvalue weighted by atomic mass is 10.1. The van der Waals surface area contributed by atoms with Crippen molar-refractivity contribution in [3.05, 3.63) is 39.9 Å². The van der Waals surface area contributed by atoms with Crippen molar-refractivity contribution in [1.82, 2.24) is 5.32 Å². The van der Waals surface area contributed by atoms with Crippen molar-refractivity contribution in [3.63, 3.8) is 0 Å². The van der Waals surface area contributed by atoms with E-state index in [0.717, 1.165) is 6.07 Å². The second-order valence-electron chi connectivity index (χ2n) is 3.93. The van der Waals surface area contributed by atoms with Crippen LogP contribution in [0.2, 0.25) is 0 Å². The third-order valence-corrected chi connectivity index (χ3v) is 3.16. The summed E-state index contributed by atoms with van der Waals surface area (Å²) in [5.41, 5.74) is -0.193. The molecular weight excluding hydrogens is 284 g/mol. The number of carboxylic acid groups (broad SMARTS) is 1. The van der Waals surface area contributed by atoms with Crippen LogP contribution in [0.1, 0.15) is 16.8 Å². The maximum absolute atomic E-state index is 11.9. The van der Waals surface area contributed by atoms with Crippen molar-refractivity contribution < 1.29 is 19.6 Å². The van der Waals surface area contributed by atoms with E-state index in [0.29, 0.717) is 5.75 Å². The highest BCUT2D eigenvalue weighted by atomic mass is 32.2. The summed E-state index contributed by atoms with van der Waals surface area (Å²) < 4.78 is 0. The van der Waals surface area contributed by atoms with Gasteiger partial charge in [0.15, 0.2) is 0 Å². The van der Waals surface area contributed by atoms with Gasteiger partial charge in [0.1, 0.15) is 0 Å². The fourth-order valence-corrected chi connectivity index (χ4v) is 1.96. The molecule has 0 aliphatic heterocycles. The Bertz CT molecular complexity index is 520. The highest BCUT2D eigenvalue weighted by Gasteiger charge is 2.16. The van der Waals surface area contributed by atoms with Crippen LogP contribution in [-0.4, -0.2) is 34.9 Å². The number of aliphatic carboxylic acids is 1. The molecule has 0 bridgehead atoms. The summed E-state index contributed by atoms with van der Waals surface area (Å²) in [6, 6.07) is 3.97. The van der Waals surface area contributed by atoms with Crippen molar-refractivity contribution >= 4 is 29.3 Å². The Labute approximate surface area is 119 Å². The first-order valence-corrected chi connectivity index (χ1v) is 7.10. The lowest BCUT2D eigenvalue weighted by Crippen LogP contribution is -2.48. The molecule has 7 nitrogen and oxygen atoms in total. The Kier molecular flexibility index (Phi) is 5.98. The fraction of sp³-hybridized carbons (Fsp3) is 0.333. The normalized spacial score (nSPS) is 11.7. The van der Waals surface area contributed by atoms with Crippen LogP contribution >= 0.6 is 11.8 Å². The van der Waals surface area contributed by atoms with Gasteiger partial charge in [0.25, 0.3) is 11.6 Å². The quantitative estimate of drug-likeness (QED) is 0.568. The summed E-state index contributed by atoms with van der Waals surface area (Å²) in [5, 5.41) is 23.8. The van der Waals surface area contributed by atoms with Gasteiger partial charge in [-0.25, -0.2) is 0 Å². The predicted octanol–water partition coefficient (Wildman–Crippen LogP) is 0.196. The highest BCUT2D eigenvalue weighted by molar-refractivity contribution is 7.98.